The molecule has 82 valence electrons. The summed E-state index contributed by atoms with van der Waals surface area (Å²) in [5, 5.41) is 18.8. The summed E-state index contributed by atoms with van der Waals surface area (Å²) in [5.74, 6) is -2.16. The van der Waals surface area contributed by atoms with E-state index in [1.165, 1.54) is 12.2 Å². The van der Waals surface area contributed by atoms with Gasteiger partial charge >= 0.3 is 32.3 Å². The molecule has 0 saturated heterocycles. The number of carboxylic acid groups (broad SMARTS) is 2. The zero-order valence-electron chi connectivity index (χ0n) is 7.93. The average Bonchev–Trinajstić information content (AvgIpc) is 2.05. The van der Waals surface area contributed by atoms with Crippen LogP contribution in [0.1, 0.15) is 12.8 Å². The molecule has 0 bridgehead atoms. The van der Waals surface area contributed by atoms with Gasteiger partial charge in [-0.2, -0.15) is 0 Å². The summed E-state index contributed by atoms with van der Waals surface area (Å²) in [6, 6.07) is 0. The molecule has 0 aromatic rings. The molecule has 0 saturated carbocycles. The van der Waals surface area contributed by atoms with Crippen molar-refractivity contribution in [3.63, 3.8) is 0 Å². The van der Waals surface area contributed by atoms with Gasteiger partial charge < -0.3 is 19.8 Å². The first-order valence-electron chi connectivity index (χ1n) is 3.56. The second-order valence-electron chi connectivity index (χ2n) is 1.81. The van der Waals surface area contributed by atoms with Crippen LogP contribution in [0.3, 0.4) is 0 Å². The van der Waals surface area contributed by atoms with Crippen LogP contribution < -0.4 is 10.2 Å². The number of carbonyl (C=O) groups is 2. The van der Waals surface area contributed by atoms with Gasteiger partial charge in [0.2, 0.25) is 0 Å². The van der Waals surface area contributed by atoms with Gasteiger partial charge in [0.05, 0.1) is 0 Å². The third kappa shape index (κ3) is 62.3. The summed E-state index contributed by atoms with van der Waals surface area (Å²) in [4.78, 5) is 18.8. The summed E-state index contributed by atoms with van der Waals surface area (Å²) in [6.07, 6.45) is 2.46. The number of carbonyl (C=O) groups excluding carboxylic acids is 2. The van der Waals surface area contributed by atoms with E-state index in [0.717, 1.165) is 0 Å². The number of aliphatic carboxylic acids is 2. The molecule has 0 atom stereocenters. The summed E-state index contributed by atoms with van der Waals surface area (Å²) in [6.45, 7) is 6.36. The Morgan fingerprint density at radius 1 is 1.00 bits per heavy atom. The Morgan fingerprint density at radius 3 is 1.20 bits per heavy atom. The van der Waals surface area contributed by atoms with E-state index in [1.54, 1.807) is 0 Å². The molecule has 6 nitrogen and oxygen atoms in total. The van der Waals surface area contributed by atoms with Crippen LogP contribution in [0.25, 0.3) is 0 Å². The van der Waals surface area contributed by atoms with Crippen LogP contribution in [0.5, 0.6) is 0 Å². The van der Waals surface area contributed by atoms with Crippen LogP contribution >= 0.6 is 0 Å². The third-order valence-electron chi connectivity index (χ3n) is 0.622. The molecule has 0 aliphatic heterocycles. The predicted molar refractivity (Wildman–Crippen MR) is 41.0 cm³/mol. The molecule has 0 heterocycles. The van der Waals surface area contributed by atoms with Crippen LogP contribution in [0.2, 0.25) is 0 Å². The van der Waals surface area contributed by atoms with Crippen molar-refractivity contribution >= 4 is 11.9 Å². The van der Waals surface area contributed by atoms with E-state index in [2.05, 4.69) is 13.2 Å². The van der Waals surface area contributed by atoms with Crippen LogP contribution in [0, 0.1) is 27.8 Å². The van der Waals surface area contributed by atoms with Gasteiger partial charge in [-0.25, -0.2) is 0 Å². The Balaban J connectivity index is -0.000000153. The molecular weight excluding hydrogens is 430 g/mol. The second kappa shape index (κ2) is 18.8. The van der Waals surface area contributed by atoms with E-state index in [-0.39, 0.29) is 12.8 Å². The van der Waals surface area contributed by atoms with E-state index >= 15 is 0 Å². The fourth-order valence-corrected chi connectivity index (χ4v) is 0.236. The molecule has 0 aromatic heterocycles. The van der Waals surface area contributed by atoms with Crippen molar-refractivity contribution in [1.29, 1.82) is 0 Å². The zero-order chi connectivity index (χ0) is 12.7. The Bertz CT molecular complexity index is 222. The molecule has 0 amide bonds. The van der Waals surface area contributed by atoms with E-state index < -0.39 is 39.8 Å². The molecule has 0 aromatic carbocycles. The molecule has 0 fully saturated rings. The zero-order valence-corrected chi connectivity index (χ0v) is 12.1. The van der Waals surface area contributed by atoms with Gasteiger partial charge in [-0.3, -0.25) is 0 Å². The Labute approximate surface area is 102 Å². The molecule has 0 aliphatic rings. The third-order valence-corrected chi connectivity index (χ3v) is 0.622. The molecule has 0 unspecified atom stereocenters. The Kier molecular flexibility index (Phi) is 24.6. The summed E-state index contributed by atoms with van der Waals surface area (Å²) >= 11 is -2.51. The minimum atomic E-state index is -2.51. The maximum absolute atomic E-state index is 9.42. The molecule has 0 N–H and O–H groups in total. The van der Waals surface area contributed by atoms with Crippen molar-refractivity contribution in [2.24, 2.45) is 0 Å². The SMILES string of the molecule is C=CCC(=O)[O-].C=CCC(=O)[O-].[O]=[U+2]=[O]. The van der Waals surface area contributed by atoms with Crippen molar-refractivity contribution in [2.45, 2.75) is 12.8 Å². The van der Waals surface area contributed by atoms with Gasteiger partial charge in [-0.15, -0.1) is 13.2 Å². The van der Waals surface area contributed by atoms with Crippen LogP contribution in [0.15, 0.2) is 25.3 Å². The van der Waals surface area contributed by atoms with Crippen LogP contribution in [0.4, 0.5) is 0 Å². The molecule has 0 spiro atoms. The first-order valence-corrected chi connectivity index (χ1v) is 6.96. The van der Waals surface area contributed by atoms with Crippen molar-refractivity contribution in [3.05, 3.63) is 25.3 Å². The van der Waals surface area contributed by atoms with Gasteiger partial charge in [0.25, 0.3) is 0 Å². The predicted octanol–water partition coefficient (Wildman–Crippen LogP) is -1.61. The van der Waals surface area contributed by atoms with Gasteiger partial charge in [0.1, 0.15) is 0 Å². The van der Waals surface area contributed by atoms with Crippen molar-refractivity contribution < 1.29 is 52.1 Å². The van der Waals surface area contributed by atoms with Gasteiger partial charge in [0.15, 0.2) is 0 Å². The molecule has 0 radical (unpaired) electrons. The van der Waals surface area contributed by atoms with E-state index in [9.17, 15) is 19.8 Å². The normalized spacial score (nSPS) is 6.40. The summed E-state index contributed by atoms with van der Waals surface area (Å²) < 4.78 is 17.2. The van der Waals surface area contributed by atoms with Gasteiger partial charge in [-0.05, 0) is 0 Å². The average molecular weight is 440 g/mol. The second-order valence-corrected chi connectivity index (χ2v) is 2.51. The molecule has 0 rings (SSSR count). The Hall–Kier alpha value is -0.928. The minimum absolute atomic E-state index is 0.0556. The first-order chi connectivity index (χ1) is 6.95. The van der Waals surface area contributed by atoms with Crippen molar-refractivity contribution in [2.75, 3.05) is 0 Å². The fraction of sp³-hybridized carbons (Fsp3) is 0.250. The standard InChI is InChI=1S/2C4H6O2.2O.U/c2*1-2-3-4(5)6;;;/h2*2H,1,3H2,(H,5,6);;;/q;;;;+2/p-2. The molecule has 0 aliphatic carbocycles. The van der Waals surface area contributed by atoms with Crippen LogP contribution in [-0.4, -0.2) is 11.9 Å². The van der Waals surface area contributed by atoms with E-state index in [1.807, 2.05) is 0 Å². The summed E-state index contributed by atoms with van der Waals surface area (Å²) in [7, 11) is 0. The van der Waals surface area contributed by atoms with Crippen molar-refractivity contribution in [3.8, 4) is 0 Å². The molecule has 7 heteroatoms. The molecule has 15 heavy (non-hydrogen) atoms. The number of rotatable bonds is 4. The van der Waals surface area contributed by atoms with Gasteiger partial charge in [0, 0.05) is 24.8 Å². The summed E-state index contributed by atoms with van der Waals surface area (Å²) in [5.41, 5.74) is 0. The fourth-order valence-electron chi connectivity index (χ4n) is 0.236. The number of hydrogen-bond acceptors (Lipinski definition) is 6. The quantitative estimate of drug-likeness (QED) is 0.486. The van der Waals surface area contributed by atoms with E-state index in [4.69, 9.17) is 4.47 Å². The topological polar surface area (TPSA) is 114 Å². The van der Waals surface area contributed by atoms with Crippen LogP contribution in [-0.2, 0) is 14.1 Å². The first kappa shape index (κ1) is 19.6. The monoisotopic (exact) mass is 440 g/mol. The Morgan fingerprint density at radius 2 is 1.20 bits per heavy atom. The number of carboxylic acids is 2. The van der Waals surface area contributed by atoms with E-state index in [0.29, 0.717) is 0 Å². The van der Waals surface area contributed by atoms with Crippen molar-refractivity contribution in [1.82, 2.24) is 0 Å². The van der Waals surface area contributed by atoms with Gasteiger partial charge in [-0.1, -0.05) is 12.2 Å². The maximum atomic E-state index is 9.42. The number of hydrogen-bond donors (Lipinski definition) is 0. The molecular formula is C8H10O6U.